The summed E-state index contributed by atoms with van der Waals surface area (Å²) >= 11 is 0. The average Bonchev–Trinajstić information content (AvgIpc) is 3.09. The number of hydrogen-bond donors (Lipinski definition) is 1. The lowest BCUT2D eigenvalue weighted by Crippen LogP contribution is -2.13. The van der Waals surface area contributed by atoms with E-state index in [1.807, 2.05) is 13.8 Å². The monoisotopic (exact) mass is 236 g/mol. The van der Waals surface area contributed by atoms with E-state index >= 15 is 0 Å². The molecule has 0 amide bonds. The van der Waals surface area contributed by atoms with E-state index in [4.69, 9.17) is 4.74 Å². The molecular formula is C13H20N2O2. The van der Waals surface area contributed by atoms with Crippen molar-refractivity contribution in [3.63, 3.8) is 0 Å². The van der Waals surface area contributed by atoms with Crippen molar-refractivity contribution in [3.8, 4) is 0 Å². The number of rotatable bonds is 5. The van der Waals surface area contributed by atoms with E-state index < -0.39 is 6.10 Å². The molecule has 0 radical (unpaired) electrons. The third-order valence-electron chi connectivity index (χ3n) is 3.14. The van der Waals surface area contributed by atoms with Crippen molar-refractivity contribution >= 4 is 0 Å². The molecule has 2 rings (SSSR count). The number of hydrogen-bond acceptors (Lipinski definition) is 4. The fraction of sp³-hybridized carbons (Fsp3) is 0.692. The van der Waals surface area contributed by atoms with E-state index in [1.54, 1.807) is 13.1 Å². The molecule has 1 aliphatic rings. The lowest BCUT2D eigenvalue weighted by molar-refractivity contribution is 0.0397. The van der Waals surface area contributed by atoms with Crippen LogP contribution in [0.5, 0.6) is 0 Å². The number of aryl methyl sites for hydroxylation is 1. The predicted octanol–water partition coefficient (Wildman–Crippen LogP) is 2.33. The van der Waals surface area contributed by atoms with Crippen molar-refractivity contribution in [3.05, 3.63) is 23.3 Å². The second-order valence-electron chi connectivity index (χ2n) is 4.66. The Labute approximate surface area is 102 Å². The molecule has 4 heteroatoms. The van der Waals surface area contributed by atoms with Crippen molar-refractivity contribution in [2.45, 2.75) is 45.8 Å². The molecule has 1 aliphatic carbocycles. The van der Waals surface area contributed by atoms with Crippen LogP contribution in [-0.4, -0.2) is 21.7 Å². The molecule has 4 nitrogen and oxygen atoms in total. The van der Waals surface area contributed by atoms with E-state index in [0.29, 0.717) is 12.5 Å². The van der Waals surface area contributed by atoms with Crippen LogP contribution in [0.15, 0.2) is 6.20 Å². The molecule has 2 atom stereocenters. The predicted molar refractivity (Wildman–Crippen MR) is 64.5 cm³/mol. The Hall–Kier alpha value is -1.00. The zero-order valence-electron chi connectivity index (χ0n) is 10.7. The minimum atomic E-state index is -0.518. The van der Waals surface area contributed by atoms with Crippen LogP contribution < -0.4 is 0 Å². The Morgan fingerprint density at radius 1 is 1.53 bits per heavy atom. The Kier molecular flexibility index (Phi) is 3.74. The maximum absolute atomic E-state index is 9.55. The first-order valence-electron chi connectivity index (χ1n) is 6.26. The first-order valence-corrected chi connectivity index (χ1v) is 6.26. The van der Waals surface area contributed by atoms with Gasteiger partial charge in [-0.15, -0.1) is 0 Å². The molecule has 0 aliphatic heterocycles. The molecule has 1 fully saturated rings. The molecule has 0 aromatic carbocycles. The first kappa shape index (κ1) is 12.5. The SMILES string of the molecule is CCOC(c1ncc([C@H](C)O)c(C)n1)C1CC1. The molecule has 0 saturated heterocycles. The van der Waals surface area contributed by atoms with Gasteiger partial charge in [0.1, 0.15) is 6.10 Å². The van der Waals surface area contributed by atoms with Crippen LogP contribution in [0.3, 0.4) is 0 Å². The number of ether oxygens (including phenoxy) is 1. The summed E-state index contributed by atoms with van der Waals surface area (Å²) in [5.41, 5.74) is 1.63. The molecule has 0 bridgehead atoms. The van der Waals surface area contributed by atoms with Crippen LogP contribution in [0, 0.1) is 12.8 Å². The summed E-state index contributed by atoms with van der Waals surface area (Å²) in [5.74, 6) is 1.34. The highest BCUT2D eigenvalue weighted by atomic mass is 16.5. The van der Waals surface area contributed by atoms with E-state index in [-0.39, 0.29) is 6.10 Å². The van der Waals surface area contributed by atoms with E-state index in [2.05, 4.69) is 9.97 Å². The normalized spacial score (nSPS) is 19.1. The Balaban J connectivity index is 2.22. The smallest absolute Gasteiger partial charge is 0.157 e. The quantitative estimate of drug-likeness (QED) is 0.852. The molecule has 1 N–H and O–H groups in total. The Bertz CT molecular complexity index is 389. The van der Waals surface area contributed by atoms with Crippen LogP contribution in [0.2, 0.25) is 0 Å². The summed E-state index contributed by atoms with van der Waals surface area (Å²) in [6.07, 6.45) is 3.63. The van der Waals surface area contributed by atoms with Gasteiger partial charge in [0.2, 0.25) is 0 Å². The van der Waals surface area contributed by atoms with Crippen LogP contribution in [-0.2, 0) is 4.74 Å². The van der Waals surface area contributed by atoms with Crippen molar-refractivity contribution in [1.82, 2.24) is 9.97 Å². The highest BCUT2D eigenvalue weighted by Crippen LogP contribution is 2.42. The van der Waals surface area contributed by atoms with Gasteiger partial charge in [-0.2, -0.15) is 0 Å². The van der Waals surface area contributed by atoms with Gasteiger partial charge >= 0.3 is 0 Å². The molecule has 94 valence electrons. The lowest BCUT2D eigenvalue weighted by atomic mass is 10.1. The van der Waals surface area contributed by atoms with Crippen molar-refractivity contribution < 1.29 is 9.84 Å². The van der Waals surface area contributed by atoms with E-state index in [9.17, 15) is 5.11 Å². The van der Waals surface area contributed by atoms with Crippen LogP contribution in [0.25, 0.3) is 0 Å². The van der Waals surface area contributed by atoms with Crippen LogP contribution in [0.1, 0.15) is 56.0 Å². The summed E-state index contributed by atoms with van der Waals surface area (Å²) in [6, 6.07) is 0. The first-order chi connectivity index (χ1) is 8.13. The van der Waals surface area contributed by atoms with Crippen molar-refractivity contribution in [2.75, 3.05) is 6.61 Å². The standard InChI is InChI=1S/C13H20N2O2/c1-4-17-12(10-5-6-10)13-14-7-11(9(3)16)8(2)15-13/h7,9-10,12,16H,4-6H2,1-3H3/t9-,12?/m0/s1. The summed E-state index contributed by atoms with van der Waals surface area (Å²) < 4.78 is 5.72. The topological polar surface area (TPSA) is 55.2 Å². The van der Waals surface area contributed by atoms with Gasteiger partial charge in [0.05, 0.1) is 6.10 Å². The molecule has 17 heavy (non-hydrogen) atoms. The van der Waals surface area contributed by atoms with Gasteiger partial charge in [0.25, 0.3) is 0 Å². The summed E-state index contributed by atoms with van der Waals surface area (Å²) in [4.78, 5) is 8.82. The lowest BCUT2D eigenvalue weighted by Gasteiger charge is -2.16. The zero-order chi connectivity index (χ0) is 12.4. The van der Waals surface area contributed by atoms with Gasteiger partial charge in [-0.25, -0.2) is 9.97 Å². The van der Waals surface area contributed by atoms with Gasteiger partial charge in [0.15, 0.2) is 5.82 Å². The zero-order valence-corrected chi connectivity index (χ0v) is 10.7. The number of aliphatic hydroxyl groups is 1. The van der Waals surface area contributed by atoms with Crippen molar-refractivity contribution in [1.29, 1.82) is 0 Å². The molecule has 1 heterocycles. The third-order valence-corrected chi connectivity index (χ3v) is 3.14. The maximum atomic E-state index is 9.55. The van der Waals surface area contributed by atoms with Crippen LogP contribution in [0.4, 0.5) is 0 Å². The summed E-state index contributed by atoms with van der Waals surface area (Å²) in [6.45, 7) is 6.31. The number of aliphatic hydroxyl groups excluding tert-OH is 1. The van der Waals surface area contributed by atoms with Crippen molar-refractivity contribution in [2.24, 2.45) is 5.92 Å². The molecule has 1 aromatic rings. The minimum absolute atomic E-state index is 0.0294. The van der Waals surface area contributed by atoms with E-state index in [0.717, 1.165) is 17.1 Å². The molecule has 1 unspecified atom stereocenters. The highest BCUT2D eigenvalue weighted by molar-refractivity contribution is 5.19. The fourth-order valence-electron chi connectivity index (χ4n) is 2.04. The number of aromatic nitrogens is 2. The van der Waals surface area contributed by atoms with Gasteiger partial charge in [-0.1, -0.05) is 0 Å². The highest BCUT2D eigenvalue weighted by Gasteiger charge is 2.35. The number of nitrogens with zero attached hydrogens (tertiary/aromatic N) is 2. The Morgan fingerprint density at radius 2 is 2.24 bits per heavy atom. The third kappa shape index (κ3) is 2.82. The average molecular weight is 236 g/mol. The molecule has 0 spiro atoms. The van der Waals surface area contributed by atoms with E-state index in [1.165, 1.54) is 12.8 Å². The largest absolute Gasteiger partial charge is 0.389 e. The maximum Gasteiger partial charge on any atom is 0.157 e. The fourth-order valence-corrected chi connectivity index (χ4v) is 2.04. The van der Waals surface area contributed by atoms with Gasteiger partial charge in [-0.05, 0) is 39.5 Å². The molecule has 1 saturated carbocycles. The van der Waals surface area contributed by atoms with Gasteiger partial charge in [0, 0.05) is 24.1 Å². The Morgan fingerprint density at radius 3 is 2.71 bits per heavy atom. The second kappa shape index (κ2) is 5.10. The summed E-state index contributed by atoms with van der Waals surface area (Å²) in [5, 5.41) is 9.55. The summed E-state index contributed by atoms with van der Waals surface area (Å²) in [7, 11) is 0. The molecule has 1 aromatic heterocycles. The van der Waals surface area contributed by atoms with Gasteiger partial charge < -0.3 is 9.84 Å². The van der Waals surface area contributed by atoms with Crippen LogP contribution >= 0.6 is 0 Å². The van der Waals surface area contributed by atoms with Gasteiger partial charge in [-0.3, -0.25) is 0 Å². The molecular weight excluding hydrogens is 216 g/mol. The minimum Gasteiger partial charge on any atom is -0.389 e. The second-order valence-corrected chi connectivity index (χ2v) is 4.66.